The first-order valence-electron chi connectivity index (χ1n) is 10.9. The van der Waals surface area contributed by atoms with Crippen molar-refractivity contribution in [3.63, 3.8) is 0 Å². The second-order valence-electron chi connectivity index (χ2n) is 9.88. The molecule has 9 nitrogen and oxygen atoms in total. The lowest BCUT2D eigenvalue weighted by Crippen LogP contribution is -2.55. The first-order valence-corrected chi connectivity index (χ1v) is 10.9. The Morgan fingerprint density at radius 1 is 0.758 bits per heavy atom. The summed E-state index contributed by atoms with van der Waals surface area (Å²) >= 11 is 0. The van der Waals surface area contributed by atoms with E-state index in [0.717, 1.165) is 5.56 Å². The fourth-order valence-electron chi connectivity index (χ4n) is 2.68. The number of ether oxygens (including phenoxy) is 2. The number of nitrogens with one attached hydrogen (secondary N) is 3. The SMILES string of the molecule is C[C@H](NC(=O)[C@H](Cc1ccccc1)NC(=O)OC(C)(C)C)C(=O)N[C@@H](C)C(=O)OC(C)(C)C. The monoisotopic (exact) mass is 463 g/mol. The molecule has 33 heavy (non-hydrogen) atoms. The van der Waals surface area contributed by atoms with Crippen LogP contribution in [0.5, 0.6) is 0 Å². The van der Waals surface area contributed by atoms with Crippen molar-refractivity contribution in [1.29, 1.82) is 0 Å². The van der Waals surface area contributed by atoms with Gasteiger partial charge in [0, 0.05) is 6.42 Å². The van der Waals surface area contributed by atoms with E-state index in [1.54, 1.807) is 41.5 Å². The van der Waals surface area contributed by atoms with Crippen LogP contribution in [0.3, 0.4) is 0 Å². The van der Waals surface area contributed by atoms with E-state index in [2.05, 4.69) is 16.0 Å². The van der Waals surface area contributed by atoms with E-state index in [-0.39, 0.29) is 6.42 Å². The average Bonchev–Trinajstić information content (AvgIpc) is 2.65. The molecule has 0 bridgehead atoms. The van der Waals surface area contributed by atoms with Crippen LogP contribution in [0.25, 0.3) is 0 Å². The number of benzene rings is 1. The number of hydrogen-bond donors (Lipinski definition) is 3. The van der Waals surface area contributed by atoms with Crippen molar-refractivity contribution in [2.75, 3.05) is 0 Å². The fourth-order valence-corrected chi connectivity index (χ4v) is 2.68. The van der Waals surface area contributed by atoms with Gasteiger partial charge < -0.3 is 25.4 Å². The Bertz CT molecular complexity index is 827. The maximum atomic E-state index is 12.9. The maximum Gasteiger partial charge on any atom is 0.408 e. The van der Waals surface area contributed by atoms with E-state index in [9.17, 15) is 19.2 Å². The molecule has 3 atom stereocenters. The highest BCUT2D eigenvalue weighted by Gasteiger charge is 2.29. The smallest absolute Gasteiger partial charge is 0.408 e. The van der Waals surface area contributed by atoms with E-state index in [1.165, 1.54) is 13.8 Å². The molecule has 0 heterocycles. The maximum absolute atomic E-state index is 12.9. The summed E-state index contributed by atoms with van der Waals surface area (Å²) in [6, 6.07) is 6.33. The van der Waals surface area contributed by atoms with Crippen molar-refractivity contribution in [3.05, 3.63) is 35.9 Å². The lowest BCUT2D eigenvalue weighted by atomic mass is 10.0. The zero-order valence-corrected chi connectivity index (χ0v) is 20.8. The van der Waals surface area contributed by atoms with Crippen molar-refractivity contribution in [2.45, 2.75) is 91.1 Å². The minimum Gasteiger partial charge on any atom is -0.458 e. The van der Waals surface area contributed by atoms with Crippen LogP contribution in [0.15, 0.2) is 30.3 Å². The lowest BCUT2D eigenvalue weighted by Gasteiger charge is -2.25. The number of rotatable bonds is 8. The molecule has 1 aromatic carbocycles. The molecule has 0 radical (unpaired) electrons. The predicted molar refractivity (Wildman–Crippen MR) is 124 cm³/mol. The number of alkyl carbamates (subject to hydrolysis) is 1. The molecular formula is C24H37N3O6. The van der Waals surface area contributed by atoms with Crippen LogP contribution < -0.4 is 16.0 Å². The number of esters is 1. The van der Waals surface area contributed by atoms with E-state index < -0.39 is 53.2 Å². The molecule has 3 amide bonds. The molecule has 0 fully saturated rings. The van der Waals surface area contributed by atoms with Crippen molar-refractivity contribution >= 4 is 23.9 Å². The highest BCUT2D eigenvalue weighted by atomic mass is 16.6. The first-order chi connectivity index (χ1) is 15.1. The molecule has 0 spiro atoms. The van der Waals surface area contributed by atoms with E-state index in [4.69, 9.17) is 9.47 Å². The molecule has 1 rings (SSSR count). The van der Waals surface area contributed by atoms with E-state index in [0.29, 0.717) is 0 Å². The fraction of sp³-hybridized carbons (Fsp3) is 0.583. The van der Waals surface area contributed by atoms with Gasteiger partial charge >= 0.3 is 12.1 Å². The van der Waals surface area contributed by atoms with Gasteiger partial charge in [0.05, 0.1) is 0 Å². The lowest BCUT2D eigenvalue weighted by molar-refractivity contribution is -0.158. The molecule has 9 heteroatoms. The number of amides is 3. The van der Waals surface area contributed by atoms with Crippen molar-refractivity contribution in [3.8, 4) is 0 Å². The number of carbonyl (C=O) groups is 4. The van der Waals surface area contributed by atoms with Gasteiger partial charge in [-0.05, 0) is 61.0 Å². The van der Waals surface area contributed by atoms with Crippen LogP contribution >= 0.6 is 0 Å². The van der Waals surface area contributed by atoms with Gasteiger partial charge in [-0.2, -0.15) is 0 Å². The molecule has 0 saturated heterocycles. The van der Waals surface area contributed by atoms with E-state index in [1.807, 2.05) is 30.3 Å². The molecule has 1 aromatic rings. The van der Waals surface area contributed by atoms with Crippen LogP contribution in [-0.2, 0) is 30.3 Å². The summed E-state index contributed by atoms with van der Waals surface area (Å²) in [6.07, 6.45) is -0.539. The Hall–Kier alpha value is -3.10. The molecule has 0 aliphatic rings. The highest BCUT2D eigenvalue weighted by molar-refractivity contribution is 5.92. The molecule has 0 unspecified atom stereocenters. The first kappa shape index (κ1) is 27.9. The largest absolute Gasteiger partial charge is 0.458 e. The standard InChI is InChI=1S/C24H37N3O6/c1-15(19(28)26-16(2)21(30)32-23(3,4)5)25-20(29)18(14-17-12-10-9-11-13-17)27-22(31)33-24(6,7)8/h9-13,15-16,18H,14H2,1-8H3,(H,25,29)(H,26,28)(H,27,31)/t15-,16-,18-/m0/s1. The van der Waals surface area contributed by atoms with Crippen LogP contribution in [0.1, 0.15) is 61.0 Å². The van der Waals surface area contributed by atoms with Gasteiger partial charge in [-0.15, -0.1) is 0 Å². The van der Waals surface area contributed by atoms with Gasteiger partial charge in [0.1, 0.15) is 29.3 Å². The Morgan fingerprint density at radius 2 is 1.27 bits per heavy atom. The van der Waals surface area contributed by atoms with Gasteiger partial charge in [-0.3, -0.25) is 9.59 Å². The highest BCUT2D eigenvalue weighted by Crippen LogP contribution is 2.10. The molecule has 0 aliphatic carbocycles. The van der Waals surface area contributed by atoms with Crippen LogP contribution in [0, 0.1) is 0 Å². The second-order valence-corrected chi connectivity index (χ2v) is 9.88. The Kier molecular flexibility index (Phi) is 9.88. The minimum absolute atomic E-state index is 0.203. The summed E-state index contributed by atoms with van der Waals surface area (Å²) in [5.74, 6) is -1.70. The Labute approximate surface area is 196 Å². The van der Waals surface area contributed by atoms with E-state index >= 15 is 0 Å². The minimum atomic E-state index is -0.972. The van der Waals surface area contributed by atoms with Gasteiger partial charge in [-0.1, -0.05) is 30.3 Å². The average molecular weight is 464 g/mol. The zero-order chi connectivity index (χ0) is 25.4. The predicted octanol–water partition coefficient (Wildman–Crippen LogP) is 2.47. The summed E-state index contributed by atoms with van der Waals surface area (Å²) in [6.45, 7) is 13.3. The topological polar surface area (TPSA) is 123 Å². The normalized spacial score (nSPS) is 14.3. The number of carbonyl (C=O) groups excluding carboxylic acids is 4. The van der Waals surface area contributed by atoms with Crippen LogP contribution in [0.2, 0.25) is 0 Å². The quantitative estimate of drug-likeness (QED) is 0.509. The molecule has 0 saturated carbocycles. The summed E-state index contributed by atoms with van der Waals surface area (Å²) in [4.78, 5) is 49.8. The number of hydrogen-bond acceptors (Lipinski definition) is 6. The molecular weight excluding hydrogens is 426 g/mol. The van der Waals surface area contributed by atoms with Crippen molar-refractivity contribution in [2.24, 2.45) is 0 Å². The zero-order valence-electron chi connectivity index (χ0n) is 20.8. The Balaban J connectivity index is 2.82. The van der Waals surface area contributed by atoms with Gasteiger partial charge in [0.25, 0.3) is 0 Å². The third-order valence-electron chi connectivity index (χ3n) is 4.16. The second kappa shape index (κ2) is 11.7. The van der Waals surface area contributed by atoms with Gasteiger partial charge in [-0.25, -0.2) is 9.59 Å². The summed E-state index contributed by atoms with van der Waals surface area (Å²) in [5.41, 5.74) is -0.596. The van der Waals surface area contributed by atoms with Crippen molar-refractivity contribution in [1.82, 2.24) is 16.0 Å². The summed E-state index contributed by atoms with van der Waals surface area (Å²) < 4.78 is 10.5. The molecule has 0 aromatic heterocycles. The van der Waals surface area contributed by atoms with Crippen LogP contribution in [0.4, 0.5) is 4.79 Å². The Morgan fingerprint density at radius 3 is 1.79 bits per heavy atom. The summed E-state index contributed by atoms with van der Waals surface area (Å²) in [5, 5.41) is 7.69. The van der Waals surface area contributed by atoms with Crippen molar-refractivity contribution < 1.29 is 28.7 Å². The molecule has 0 aliphatic heterocycles. The third kappa shape index (κ3) is 11.4. The molecule has 3 N–H and O–H groups in total. The van der Waals surface area contributed by atoms with Crippen LogP contribution in [-0.4, -0.2) is 53.2 Å². The van der Waals surface area contributed by atoms with Gasteiger partial charge in [0.15, 0.2) is 0 Å². The third-order valence-corrected chi connectivity index (χ3v) is 4.16. The summed E-state index contributed by atoms with van der Waals surface area (Å²) in [7, 11) is 0. The van der Waals surface area contributed by atoms with Gasteiger partial charge in [0.2, 0.25) is 11.8 Å². The molecule has 184 valence electrons.